The summed E-state index contributed by atoms with van der Waals surface area (Å²) in [6.45, 7) is 12.0. The first-order valence-corrected chi connectivity index (χ1v) is 11.6. The normalized spacial score (nSPS) is 16.7. The number of carboxylic acid groups (broad SMARTS) is 1. The molecule has 0 aromatic heterocycles. The van der Waals surface area contributed by atoms with Crippen molar-refractivity contribution in [2.45, 2.75) is 77.6 Å². The highest BCUT2D eigenvalue weighted by atomic mass is 16.5. The van der Waals surface area contributed by atoms with Crippen molar-refractivity contribution in [2.24, 2.45) is 0 Å². The predicted molar refractivity (Wildman–Crippen MR) is 131 cm³/mol. The maximum atomic E-state index is 10.9. The van der Waals surface area contributed by atoms with E-state index in [1.54, 1.807) is 18.2 Å². The summed E-state index contributed by atoms with van der Waals surface area (Å²) >= 11 is 0. The van der Waals surface area contributed by atoms with Crippen LogP contribution in [0.25, 0.3) is 17.2 Å². The van der Waals surface area contributed by atoms with Crippen molar-refractivity contribution in [2.75, 3.05) is 6.61 Å². The lowest BCUT2D eigenvalue weighted by molar-refractivity contribution is -0.131. The lowest BCUT2D eigenvalue weighted by atomic mass is 9.62. The van der Waals surface area contributed by atoms with E-state index in [1.165, 1.54) is 11.1 Å². The molecule has 0 unspecified atom stereocenters. The van der Waals surface area contributed by atoms with Crippen molar-refractivity contribution < 1.29 is 19.7 Å². The first-order valence-electron chi connectivity index (χ1n) is 11.6. The van der Waals surface area contributed by atoms with Crippen molar-refractivity contribution in [3.05, 3.63) is 53.1 Å². The van der Waals surface area contributed by atoms with Gasteiger partial charge >= 0.3 is 5.97 Å². The number of fused-ring (bicyclic) bond motifs is 1. The van der Waals surface area contributed by atoms with Crippen molar-refractivity contribution in [1.82, 2.24) is 0 Å². The van der Waals surface area contributed by atoms with E-state index >= 15 is 0 Å². The fourth-order valence-corrected chi connectivity index (χ4v) is 4.59. The SMILES string of the molecule is CCCCCOc1cc(-c2cc(/C=C/C(=O)O)ccc2O)cc2c1C(C)(C)CCC2(C)C. The van der Waals surface area contributed by atoms with Gasteiger partial charge in [0, 0.05) is 17.2 Å². The standard InChI is InChI=1S/C28H36O4/c1-6-7-8-15-32-24-18-20(17-22-26(24)28(4,5)14-13-27(22,2)3)21-16-19(9-11-23(21)29)10-12-25(30)31/h9-12,16-18,29H,6-8,13-15H2,1-5H3,(H,30,31)/b12-10+. The number of carbonyl (C=O) groups is 1. The van der Waals surface area contributed by atoms with E-state index in [0.29, 0.717) is 12.2 Å². The Labute approximate surface area is 191 Å². The molecule has 3 rings (SSSR count). The van der Waals surface area contributed by atoms with Crippen LogP contribution >= 0.6 is 0 Å². The van der Waals surface area contributed by atoms with Crippen LogP contribution in [0.4, 0.5) is 0 Å². The van der Waals surface area contributed by atoms with E-state index in [4.69, 9.17) is 9.84 Å². The molecule has 0 saturated carbocycles. The molecule has 0 bridgehead atoms. The first kappa shape index (κ1) is 23.9. The minimum atomic E-state index is -1.000. The van der Waals surface area contributed by atoms with E-state index in [9.17, 15) is 9.90 Å². The fourth-order valence-electron chi connectivity index (χ4n) is 4.59. The second-order valence-electron chi connectivity index (χ2n) is 10.2. The number of aliphatic carboxylic acids is 1. The summed E-state index contributed by atoms with van der Waals surface area (Å²) in [5, 5.41) is 19.6. The molecule has 0 spiro atoms. The Balaban J connectivity index is 2.16. The van der Waals surface area contributed by atoms with Crippen LogP contribution in [0.2, 0.25) is 0 Å². The van der Waals surface area contributed by atoms with E-state index in [1.807, 2.05) is 12.1 Å². The molecule has 0 radical (unpaired) electrons. The van der Waals surface area contributed by atoms with Gasteiger partial charge in [-0.2, -0.15) is 0 Å². The fraction of sp³-hybridized carbons (Fsp3) is 0.464. The van der Waals surface area contributed by atoms with Crippen LogP contribution in [-0.2, 0) is 15.6 Å². The minimum Gasteiger partial charge on any atom is -0.507 e. The van der Waals surface area contributed by atoms with Gasteiger partial charge in [-0.15, -0.1) is 0 Å². The third kappa shape index (κ3) is 5.17. The number of ether oxygens (including phenoxy) is 1. The van der Waals surface area contributed by atoms with Crippen LogP contribution in [0.15, 0.2) is 36.4 Å². The number of hydrogen-bond donors (Lipinski definition) is 2. The van der Waals surface area contributed by atoms with Gasteiger partial charge in [0.15, 0.2) is 0 Å². The molecule has 32 heavy (non-hydrogen) atoms. The van der Waals surface area contributed by atoms with Crippen molar-refractivity contribution in [3.8, 4) is 22.6 Å². The number of phenolic OH excluding ortho intramolecular Hbond substituents is 1. The number of benzene rings is 2. The first-order chi connectivity index (χ1) is 15.0. The van der Waals surface area contributed by atoms with Crippen LogP contribution in [0.3, 0.4) is 0 Å². The van der Waals surface area contributed by atoms with Crippen molar-refractivity contribution in [3.63, 3.8) is 0 Å². The quantitative estimate of drug-likeness (QED) is 0.343. The lowest BCUT2D eigenvalue weighted by Gasteiger charge is -2.43. The molecular formula is C28H36O4. The minimum absolute atomic E-state index is 0.00116. The predicted octanol–water partition coefficient (Wildman–Crippen LogP) is 7.08. The smallest absolute Gasteiger partial charge is 0.328 e. The van der Waals surface area contributed by atoms with Crippen LogP contribution in [0, 0.1) is 0 Å². The van der Waals surface area contributed by atoms with Crippen LogP contribution in [0.5, 0.6) is 11.5 Å². The van der Waals surface area contributed by atoms with Gasteiger partial charge < -0.3 is 14.9 Å². The Morgan fingerprint density at radius 1 is 1.06 bits per heavy atom. The van der Waals surface area contributed by atoms with E-state index in [2.05, 4.69) is 40.7 Å². The van der Waals surface area contributed by atoms with Gasteiger partial charge in [0.2, 0.25) is 0 Å². The second-order valence-corrected chi connectivity index (χ2v) is 10.2. The Morgan fingerprint density at radius 2 is 1.78 bits per heavy atom. The van der Waals surface area contributed by atoms with Crippen LogP contribution in [-0.4, -0.2) is 22.8 Å². The van der Waals surface area contributed by atoms with Crippen LogP contribution in [0.1, 0.15) is 83.4 Å². The lowest BCUT2D eigenvalue weighted by Crippen LogP contribution is -2.34. The van der Waals surface area contributed by atoms with E-state index < -0.39 is 5.97 Å². The summed E-state index contributed by atoms with van der Waals surface area (Å²) in [6.07, 6.45) is 8.12. The monoisotopic (exact) mass is 436 g/mol. The summed E-state index contributed by atoms with van der Waals surface area (Å²) in [4.78, 5) is 10.9. The maximum absolute atomic E-state index is 10.9. The Bertz CT molecular complexity index is 1010. The van der Waals surface area contributed by atoms with Crippen molar-refractivity contribution >= 4 is 12.0 Å². The third-order valence-corrected chi connectivity index (χ3v) is 6.64. The van der Waals surface area contributed by atoms with Gasteiger partial charge in [0.25, 0.3) is 0 Å². The van der Waals surface area contributed by atoms with Gasteiger partial charge in [-0.3, -0.25) is 0 Å². The number of rotatable bonds is 8. The Kier molecular flexibility index (Phi) is 7.02. The molecule has 2 N–H and O–H groups in total. The van der Waals surface area contributed by atoms with E-state index in [-0.39, 0.29) is 16.6 Å². The molecule has 1 aliphatic rings. The Hall–Kier alpha value is -2.75. The summed E-state index contributed by atoms with van der Waals surface area (Å²) < 4.78 is 6.37. The molecule has 0 amide bonds. The number of phenols is 1. The van der Waals surface area contributed by atoms with Gasteiger partial charge in [-0.1, -0.05) is 53.5 Å². The van der Waals surface area contributed by atoms with Crippen LogP contribution < -0.4 is 4.74 Å². The molecule has 4 heteroatoms. The van der Waals surface area contributed by atoms with Gasteiger partial charge in [-0.05, 0) is 77.1 Å². The molecule has 0 fully saturated rings. The van der Waals surface area contributed by atoms with Gasteiger partial charge in [-0.25, -0.2) is 4.79 Å². The highest BCUT2D eigenvalue weighted by Crippen LogP contribution is 2.51. The van der Waals surface area contributed by atoms with E-state index in [0.717, 1.165) is 55.1 Å². The molecule has 0 aliphatic heterocycles. The highest BCUT2D eigenvalue weighted by Gasteiger charge is 2.39. The average Bonchev–Trinajstić information content (AvgIpc) is 2.73. The number of hydrogen-bond acceptors (Lipinski definition) is 3. The summed E-state index contributed by atoms with van der Waals surface area (Å²) in [5.74, 6) is 0.0691. The number of unbranched alkanes of at least 4 members (excludes halogenated alkanes) is 2. The zero-order valence-electron chi connectivity index (χ0n) is 20.0. The maximum Gasteiger partial charge on any atom is 0.328 e. The summed E-state index contributed by atoms with van der Waals surface area (Å²) in [5.41, 5.74) is 4.85. The van der Waals surface area contributed by atoms with Gasteiger partial charge in [0.1, 0.15) is 11.5 Å². The molecule has 2 aromatic carbocycles. The topological polar surface area (TPSA) is 66.8 Å². The Morgan fingerprint density at radius 3 is 2.47 bits per heavy atom. The van der Waals surface area contributed by atoms with Gasteiger partial charge in [0.05, 0.1) is 6.61 Å². The molecule has 0 saturated heterocycles. The summed E-state index contributed by atoms with van der Waals surface area (Å²) in [7, 11) is 0. The third-order valence-electron chi connectivity index (χ3n) is 6.64. The zero-order valence-corrected chi connectivity index (χ0v) is 20.0. The highest BCUT2D eigenvalue weighted by molar-refractivity contribution is 5.86. The molecular weight excluding hydrogens is 400 g/mol. The summed E-state index contributed by atoms with van der Waals surface area (Å²) in [6, 6.07) is 9.40. The molecule has 0 atom stereocenters. The average molecular weight is 437 g/mol. The largest absolute Gasteiger partial charge is 0.507 e. The molecule has 4 nitrogen and oxygen atoms in total. The number of carboxylic acids is 1. The van der Waals surface area contributed by atoms with Crippen molar-refractivity contribution in [1.29, 1.82) is 0 Å². The molecule has 2 aromatic rings. The second kappa shape index (κ2) is 9.40. The molecule has 1 aliphatic carbocycles. The molecule has 0 heterocycles. The zero-order chi connectivity index (χ0) is 23.5. The number of aromatic hydroxyl groups is 1. The molecule has 172 valence electrons.